The topological polar surface area (TPSA) is 99.2 Å². The number of carbonyl (C=O) groups is 2. The lowest BCUT2D eigenvalue weighted by atomic mass is 10.1. The van der Waals surface area contributed by atoms with Crippen molar-refractivity contribution >= 4 is 33.6 Å². The molecule has 0 radical (unpaired) electrons. The molecular formula is C17H20N4O4S. The zero-order valence-corrected chi connectivity index (χ0v) is 15.0. The molecule has 2 amide bonds. The standard InChI is InChI=1S/C17H20N4O4S/c22-16-7-6-15(18-19-16)17(23)20-9-11-21(12-10-20)26(24,25)13-8-14-4-2-1-3-5-14/h1-5,8,13H,6-7,9-12H2,(H,19,22)/b13-8+. The van der Waals surface area contributed by atoms with Gasteiger partial charge in [-0.1, -0.05) is 30.3 Å². The molecule has 138 valence electrons. The van der Waals surface area contributed by atoms with Crippen LogP contribution in [0.3, 0.4) is 0 Å². The molecule has 1 saturated heterocycles. The summed E-state index contributed by atoms with van der Waals surface area (Å²) in [7, 11) is -3.54. The van der Waals surface area contributed by atoms with E-state index in [1.54, 1.807) is 11.0 Å². The molecule has 0 unspecified atom stereocenters. The summed E-state index contributed by atoms with van der Waals surface area (Å²) < 4.78 is 26.2. The van der Waals surface area contributed by atoms with Crippen molar-refractivity contribution in [2.45, 2.75) is 12.8 Å². The molecular weight excluding hydrogens is 356 g/mol. The molecule has 1 fully saturated rings. The predicted octanol–water partition coefficient (Wildman–Crippen LogP) is 0.397. The second-order valence-corrected chi connectivity index (χ2v) is 7.86. The van der Waals surface area contributed by atoms with Crippen LogP contribution in [-0.4, -0.2) is 61.3 Å². The Bertz CT molecular complexity index is 841. The summed E-state index contributed by atoms with van der Waals surface area (Å²) in [5.41, 5.74) is 3.42. The normalized spacial score (nSPS) is 19.3. The van der Waals surface area contributed by atoms with E-state index >= 15 is 0 Å². The summed E-state index contributed by atoms with van der Waals surface area (Å²) >= 11 is 0. The molecule has 9 heteroatoms. The van der Waals surface area contributed by atoms with Crippen LogP contribution in [0, 0.1) is 0 Å². The second-order valence-electron chi connectivity index (χ2n) is 6.04. The highest BCUT2D eigenvalue weighted by Crippen LogP contribution is 2.13. The number of hydrogen-bond donors (Lipinski definition) is 1. The Balaban J connectivity index is 1.58. The fourth-order valence-electron chi connectivity index (χ4n) is 2.77. The molecule has 2 aliphatic rings. The predicted molar refractivity (Wildman–Crippen MR) is 97.4 cm³/mol. The maximum absolute atomic E-state index is 12.4. The van der Waals surface area contributed by atoms with E-state index in [1.165, 1.54) is 9.71 Å². The minimum absolute atomic E-state index is 0.206. The Morgan fingerprint density at radius 1 is 1.08 bits per heavy atom. The van der Waals surface area contributed by atoms with Gasteiger partial charge in [-0.3, -0.25) is 9.59 Å². The zero-order chi connectivity index (χ0) is 18.6. The van der Waals surface area contributed by atoms with Crippen LogP contribution in [-0.2, 0) is 19.6 Å². The average molecular weight is 376 g/mol. The van der Waals surface area contributed by atoms with Gasteiger partial charge in [0, 0.05) is 44.4 Å². The van der Waals surface area contributed by atoms with Gasteiger partial charge >= 0.3 is 0 Å². The van der Waals surface area contributed by atoms with Crippen LogP contribution < -0.4 is 5.43 Å². The number of nitrogens with zero attached hydrogens (tertiary/aromatic N) is 3. The van der Waals surface area contributed by atoms with Crippen molar-refractivity contribution in [2.75, 3.05) is 26.2 Å². The van der Waals surface area contributed by atoms with Gasteiger partial charge in [0.1, 0.15) is 5.71 Å². The average Bonchev–Trinajstić information content (AvgIpc) is 2.67. The largest absolute Gasteiger partial charge is 0.335 e. The number of piperazine rings is 1. The second kappa shape index (κ2) is 7.79. The first-order valence-electron chi connectivity index (χ1n) is 8.34. The van der Waals surface area contributed by atoms with Crippen molar-refractivity contribution in [3.8, 4) is 0 Å². The minimum Gasteiger partial charge on any atom is -0.335 e. The van der Waals surface area contributed by atoms with E-state index in [0.29, 0.717) is 25.2 Å². The molecule has 0 spiro atoms. The SMILES string of the molecule is O=C1CCC(C(=O)N2CCN(S(=O)(=O)/C=C/c3ccccc3)CC2)=NN1. The van der Waals surface area contributed by atoms with Gasteiger partial charge in [-0.2, -0.15) is 9.41 Å². The highest BCUT2D eigenvalue weighted by Gasteiger charge is 2.30. The molecule has 0 aromatic heterocycles. The number of hydrogen-bond acceptors (Lipinski definition) is 5. The van der Waals surface area contributed by atoms with Crippen molar-refractivity contribution in [1.29, 1.82) is 0 Å². The Morgan fingerprint density at radius 3 is 2.38 bits per heavy atom. The third kappa shape index (κ3) is 4.36. The molecule has 8 nitrogen and oxygen atoms in total. The number of benzene rings is 1. The van der Waals surface area contributed by atoms with E-state index in [9.17, 15) is 18.0 Å². The molecule has 1 aromatic rings. The first-order valence-corrected chi connectivity index (χ1v) is 9.84. The minimum atomic E-state index is -3.54. The molecule has 2 aliphatic heterocycles. The molecule has 0 bridgehead atoms. The van der Waals surface area contributed by atoms with Gasteiger partial charge < -0.3 is 4.90 Å². The fraction of sp³-hybridized carbons (Fsp3) is 0.353. The summed E-state index contributed by atoms with van der Waals surface area (Å²) in [6, 6.07) is 9.20. The molecule has 1 aromatic carbocycles. The molecule has 0 atom stereocenters. The highest BCUT2D eigenvalue weighted by molar-refractivity contribution is 7.92. The summed E-state index contributed by atoms with van der Waals surface area (Å²) in [6.07, 6.45) is 2.11. The van der Waals surface area contributed by atoms with E-state index in [4.69, 9.17) is 0 Å². The number of sulfonamides is 1. The molecule has 0 saturated carbocycles. The number of nitrogens with one attached hydrogen (secondary N) is 1. The van der Waals surface area contributed by atoms with Gasteiger partial charge in [0.05, 0.1) is 0 Å². The van der Waals surface area contributed by atoms with Crippen molar-refractivity contribution in [3.63, 3.8) is 0 Å². The molecule has 0 aliphatic carbocycles. The maximum atomic E-state index is 12.4. The summed E-state index contributed by atoms with van der Waals surface area (Å²) in [5, 5.41) is 4.99. The molecule has 3 rings (SSSR count). The van der Waals surface area contributed by atoms with Crippen LogP contribution in [0.5, 0.6) is 0 Å². The summed E-state index contributed by atoms with van der Waals surface area (Å²) in [5.74, 6) is -0.454. The van der Waals surface area contributed by atoms with E-state index < -0.39 is 10.0 Å². The monoisotopic (exact) mass is 376 g/mol. The maximum Gasteiger partial charge on any atom is 0.270 e. The van der Waals surface area contributed by atoms with Crippen LogP contribution in [0.4, 0.5) is 0 Å². The highest BCUT2D eigenvalue weighted by atomic mass is 32.2. The molecule has 26 heavy (non-hydrogen) atoms. The van der Waals surface area contributed by atoms with E-state index in [1.807, 2.05) is 30.3 Å². The lowest BCUT2D eigenvalue weighted by Crippen LogP contribution is -2.52. The van der Waals surface area contributed by atoms with Crippen molar-refractivity contribution in [3.05, 3.63) is 41.3 Å². The Labute approximate surface area is 152 Å². The summed E-state index contributed by atoms with van der Waals surface area (Å²) in [4.78, 5) is 25.1. The van der Waals surface area contributed by atoms with Gasteiger partial charge in [0.25, 0.3) is 5.91 Å². The smallest absolute Gasteiger partial charge is 0.270 e. The first-order chi connectivity index (χ1) is 12.5. The number of hydrazone groups is 1. The van der Waals surface area contributed by atoms with Crippen LogP contribution in [0.1, 0.15) is 18.4 Å². The number of amides is 2. The summed E-state index contributed by atoms with van der Waals surface area (Å²) in [6.45, 7) is 1.05. The number of rotatable bonds is 4. The van der Waals surface area contributed by atoms with E-state index in [0.717, 1.165) is 5.56 Å². The van der Waals surface area contributed by atoms with Gasteiger partial charge in [-0.25, -0.2) is 13.8 Å². The Hall–Kier alpha value is -2.52. The number of carbonyl (C=O) groups excluding carboxylic acids is 2. The lowest BCUT2D eigenvalue weighted by molar-refractivity contribution is -0.125. The van der Waals surface area contributed by atoms with Crippen LogP contribution in [0.2, 0.25) is 0 Å². The van der Waals surface area contributed by atoms with E-state index in [2.05, 4.69) is 10.5 Å². The fourth-order valence-corrected chi connectivity index (χ4v) is 3.94. The lowest BCUT2D eigenvalue weighted by Gasteiger charge is -2.33. The van der Waals surface area contributed by atoms with Crippen molar-refractivity contribution in [2.24, 2.45) is 5.10 Å². The third-order valence-electron chi connectivity index (χ3n) is 4.27. The van der Waals surface area contributed by atoms with Crippen LogP contribution >= 0.6 is 0 Å². The third-order valence-corrected chi connectivity index (χ3v) is 5.83. The van der Waals surface area contributed by atoms with E-state index in [-0.39, 0.29) is 31.3 Å². The van der Waals surface area contributed by atoms with Gasteiger partial charge in [0.15, 0.2) is 0 Å². The molecule has 2 heterocycles. The first kappa shape index (κ1) is 18.3. The van der Waals surface area contributed by atoms with Gasteiger partial charge in [0.2, 0.25) is 15.9 Å². The Kier molecular flexibility index (Phi) is 5.48. The Morgan fingerprint density at radius 2 is 1.77 bits per heavy atom. The quantitative estimate of drug-likeness (QED) is 0.822. The van der Waals surface area contributed by atoms with Gasteiger partial charge in [-0.15, -0.1) is 0 Å². The van der Waals surface area contributed by atoms with Crippen LogP contribution in [0.15, 0.2) is 40.8 Å². The van der Waals surface area contributed by atoms with Crippen LogP contribution in [0.25, 0.3) is 6.08 Å². The van der Waals surface area contributed by atoms with Crippen molar-refractivity contribution < 1.29 is 18.0 Å². The van der Waals surface area contributed by atoms with Crippen molar-refractivity contribution in [1.82, 2.24) is 14.6 Å². The molecule has 1 N–H and O–H groups in total. The zero-order valence-electron chi connectivity index (χ0n) is 14.2. The van der Waals surface area contributed by atoms with Gasteiger partial charge in [-0.05, 0) is 11.6 Å².